The Labute approximate surface area is 201 Å². The predicted molar refractivity (Wildman–Crippen MR) is 125 cm³/mol. The number of piperidine rings is 1. The van der Waals surface area contributed by atoms with E-state index >= 15 is 0 Å². The summed E-state index contributed by atoms with van der Waals surface area (Å²) >= 11 is 0. The highest BCUT2D eigenvalue weighted by Gasteiger charge is 2.73. The summed E-state index contributed by atoms with van der Waals surface area (Å²) < 4.78 is 39.0. The molecule has 6 rings (SSSR count). The highest BCUT2D eigenvalue weighted by atomic mass is 32.2. The molecule has 5 aliphatic rings. The first kappa shape index (κ1) is 22.9. The van der Waals surface area contributed by atoms with Crippen LogP contribution in [0.5, 0.6) is 0 Å². The van der Waals surface area contributed by atoms with Crippen LogP contribution in [0.4, 0.5) is 0 Å². The van der Waals surface area contributed by atoms with Gasteiger partial charge in [-0.25, -0.2) is 12.7 Å². The number of carbonyl (C=O) groups is 1. The van der Waals surface area contributed by atoms with E-state index < -0.39 is 14.8 Å². The SMILES string of the molecule is COCCNC1CCN(S(=O)(=O)C23C[C@H]4CC(NC(=O)c5cc(C6CC6)on5)C[C@@H](C2)C43)CC1. The van der Waals surface area contributed by atoms with Gasteiger partial charge in [-0.2, -0.15) is 0 Å². The van der Waals surface area contributed by atoms with Gasteiger partial charge in [-0.05, 0) is 69.1 Å². The average Bonchev–Trinajstić information content (AvgIpc) is 3.52. The molecule has 10 heteroatoms. The van der Waals surface area contributed by atoms with Gasteiger partial charge >= 0.3 is 0 Å². The minimum absolute atomic E-state index is 0.0924. The zero-order valence-corrected chi connectivity index (χ0v) is 20.7. The highest BCUT2D eigenvalue weighted by Crippen LogP contribution is 2.69. The Bertz CT molecular complexity index is 1010. The van der Waals surface area contributed by atoms with Crippen molar-refractivity contribution in [2.45, 2.75) is 74.1 Å². The van der Waals surface area contributed by atoms with Gasteiger partial charge in [-0.1, -0.05) is 5.16 Å². The topological polar surface area (TPSA) is 114 Å². The molecule has 34 heavy (non-hydrogen) atoms. The van der Waals surface area contributed by atoms with Gasteiger partial charge in [-0.3, -0.25) is 4.79 Å². The summed E-state index contributed by atoms with van der Waals surface area (Å²) in [6, 6.07) is 2.24. The highest BCUT2D eigenvalue weighted by molar-refractivity contribution is 7.90. The van der Waals surface area contributed by atoms with E-state index in [1.54, 1.807) is 17.5 Å². The standard InChI is InChI=1S/C24H36N4O5S/c1-32-9-6-25-18-4-7-28(8-5-18)34(30,31)24-13-16-10-19(11-17(14-24)22(16)24)26-23(29)20-12-21(33-27-20)15-2-3-15/h12,15-19,22,25H,2-11,13-14H2,1H3,(H,26,29)/t16-,17+,19?,22?,24?. The second kappa shape index (κ2) is 8.57. The van der Waals surface area contributed by atoms with Crippen LogP contribution in [0.1, 0.15) is 73.5 Å². The molecule has 0 bridgehead atoms. The second-order valence-corrected chi connectivity index (χ2v) is 13.5. The fourth-order valence-electron chi connectivity index (χ4n) is 7.35. The smallest absolute Gasteiger partial charge is 0.273 e. The number of hydrogen-bond acceptors (Lipinski definition) is 7. The Hall–Kier alpha value is -1.49. The second-order valence-electron chi connectivity index (χ2n) is 11.2. The van der Waals surface area contributed by atoms with Crippen LogP contribution in [0.2, 0.25) is 0 Å². The number of aromatic nitrogens is 1. The number of hydrogen-bond donors (Lipinski definition) is 2. The summed E-state index contributed by atoms with van der Waals surface area (Å²) in [5, 5.41) is 10.6. The van der Waals surface area contributed by atoms with Gasteiger partial charge in [-0.15, -0.1) is 0 Å². The Morgan fingerprint density at radius 1 is 1.18 bits per heavy atom. The van der Waals surface area contributed by atoms with E-state index in [-0.39, 0.29) is 17.9 Å². The van der Waals surface area contributed by atoms with Gasteiger partial charge in [0.15, 0.2) is 5.69 Å². The van der Waals surface area contributed by atoms with Gasteiger partial charge in [0, 0.05) is 50.8 Å². The van der Waals surface area contributed by atoms with Crippen LogP contribution in [0.3, 0.4) is 0 Å². The van der Waals surface area contributed by atoms with Crippen LogP contribution in [0, 0.1) is 17.8 Å². The quantitative estimate of drug-likeness (QED) is 0.506. The van der Waals surface area contributed by atoms with E-state index in [0.717, 1.165) is 63.7 Å². The molecular formula is C24H36N4O5S. The monoisotopic (exact) mass is 492 g/mol. The number of rotatable bonds is 9. The number of nitrogens with zero attached hydrogens (tertiary/aromatic N) is 2. The lowest BCUT2D eigenvalue weighted by atomic mass is 9.42. The molecule has 4 aliphatic carbocycles. The summed E-state index contributed by atoms with van der Waals surface area (Å²) in [5.41, 5.74) is 0.364. The van der Waals surface area contributed by atoms with E-state index in [1.165, 1.54) is 0 Å². The van der Waals surface area contributed by atoms with Crippen molar-refractivity contribution in [1.82, 2.24) is 20.1 Å². The molecule has 1 aliphatic heterocycles. The van der Waals surface area contributed by atoms with Crippen molar-refractivity contribution in [3.05, 3.63) is 17.5 Å². The van der Waals surface area contributed by atoms with Crippen LogP contribution in [-0.2, 0) is 14.8 Å². The van der Waals surface area contributed by atoms with Gasteiger partial charge in [0.1, 0.15) is 5.76 Å². The van der Waals surface area contributed by atoms with Crippen molar-refractivity contribution in [2.24, 2.45) is 17.8 Å². The van der Waals surface area contributed by atoms with E-state index in [9.17, 15) is 13.2 Å². The third-order valence-corrected chi connectivity index (χ3v) is 11.8. The molecule has 5 fully saturated rings. The van der Waals surface area contributed by atoms with Crippen LogP contribution in [-0.4, -0.2) is 74.0 Å². The number of nitrogens with one attached hydrogen (secondary N) is 2. The van der Waals surface area contributed by atoms with E-state index in [4.69, 9.17) is 9.26 Å². The van der Waals surface area contributed by atoms with Crippen molar-refractivity contribution < 1.29 is 22.5 Å². The van der Waals surface area contributed by atoms with Crippen LogP contribution in [0.15, 0.2) is 10.6 Å². The first-order chi connectivity index (χ1) is 16.4. The van der Waals surface area contributed by atoms with Crippen molar-refractivity contribution >= 4 is 15.9 Å². The maximum absolute atomic E-state index is 13.7. The van der Waals surface area contributed by atoms with Gasteiger partial charge < -0.3 is 19.9 Å². The van der Waals surface area contributed by atoms with Crippen molar-refractivity contribution in [2.75, 3.05) is 33.4 Å². The Morgan fingerprint density at radius 3 is 2.53 bits per heavy atom. The maximum atomic E-state index is 13.7. The molecule has 1 amide bonds. The molecule has 2 N–H and O–H groups in total. The van der Waals surface area contributed by atoms with E-state index in [2.05, 4.69) is 15.8 Å². The van der Waals surface area contributed by atoms with E-state index in [1.807, 2.05) is 0 Å². The lowest BCUT2D eigenvalue weighted by molar-refractivity contribution is -0.108. The molecule has 4 saturated carbocycles. The number of methoxy groups -OCH3 is 1. The van der Waals surface area contributed by atoms with Gasteiger partial charge in [0.2, 0.25) is 10.0 Å². The van der Waals surface area contributed by atoms with Gasteiger partial charge in [0.05, 0.1) is 11.4 Å². The molecule has 5 atom stereocenters. The first-order valence-electron chi connectivity index (χ1n) is 12.9. The summed E-state index contributed by atoms with van der Waals surface area (Å²) in [7, 11) is -1.60. The molecule has 2 heterocycles. The third kappa shape index (κ3) is 3.72. The summed E-state index contributed by atoms with van der Waals surface area (Å²) in [4.78, 5) is 12.7. The molecule has 1 aromatic heterocycles. The molecule has 9 nitrogen and oxygen atoms in total. The molecule has 3 unspecified atom stereocenters. The molecule has 0 spiro atoms. The predicted octanol–water partition coefficient (Wildman–Crippen LogP) is 1.87. The Morgan fingerprint density at radius 2 is 1.88 bits per heavy atom. The molecule has 1 aromatic rings. The number of ether oxygens (including phenoxy) is 1. The molecular weight excluding hydrogens is 456 g/mol. The fraction of sp³-hybridized carbons (Fsp3) is 0.833. The maximum Gasteiger partial charge on any atom is 0.273 e. The zero-order valence-electron chi connectivity index (χ0n) is 19.9. The van der Waals surface area contributed by atoms with Crippen LogP contribution < -0.4 is 10.6 Å². The van der Waals surface area contributed by atoms with Gasteiger partial charge in [0.25, 0.3) is 5.91 Å². The van der Waals surface area contributed by atoms with E-state index in [0.29, 0.717) is 49.2 Å². The molecule has 1 saturated heterocycles. The molecule has 0 aromatic carbocycles. The summed E-state index contributed by atoms with van der Waals surface area (Å²) in [6.45, 7) is 2.69. The van der Waals surface area contributed by atoms with Crippen molar-refractivity contribution in [3.63, 3.8) is 0 Å². The van der Waals surface area contributed by atoms with Crippen LogP contribution in [0.25, 0.3) is 0 Å². The molecule has 0 radical (unpaired) electrons. The molecule has 188 valence electrons. The summed E-state index contributed by atoms with van der Waals surface area (Å²) in [5.74, 6) is 2.12. The first-order valence-corrected chi connectivity index (χ1v) is 14.3. The van der Waals surface area contributed by atoms with Crippen molar-refractivity contribution in [3.8, 4) is 0 Å². The fourth-order valence-corrected chi connectivity index (χ4v) is 10.1. The Kier molecular flexibility index (Phi) is 5.78. The minimum atomic E-state index is -3.29. The number of amides is 1. The minimum Gasteiger partial charge on any atom is -0.383 e. The average molecular weight is 493 g/mol. The normalized spacial score (nSPS) is 35.8. The lowest BCUT2D eigenvalue weighted by Gasteiger charge is -2.70. The van der Waals surface area contributed by atoms with Crippen molar-refractivity contribution in [1.29, 1.82) is 0 Å². The number of carbonyl (C=O) groups excluding carboxylic acids is 1. The zero-order chi connectivity index (χ0) is 23.5. The number of sulfonamides is 1. The summed E-state index contributed by atoms with van der Waals surface area (Å²) in [6.07, 6.45) is 7.14. The Balaban J connectivity index is 1.03. The third-order valence-electron chi connectivity index (χ3n) is 9.14. The van der Waals surface area contributed by atoms with Crippen LogP contribution >= 0.6 is 0 Å². The largest absolute Gasteiger partial charge is 0.383 e. The lowest BCUT2D eigenvalue weighted by Crippen LogP contribution is -2.75.